The van der Waals surface area contributed by atoms with Crippen LogP contribution in [0.25, 0.3) is 10.4 Å². The highest BCUT2D eigenvalue weighted by Gasteiger charge is 2.29. The quantitative estimate of drug-likeness (QED) is 0.508. The van der Waals surface area contributed by atoms with Gasteiger partial charge in [0.15, 0.2) is 0 Å². The number of aromatic nitrogens is 1. The molecule has 1 saturated carbocycles. The molecule has 5 heteroatoms. The molecule has 4 rings (SSSR count). The van der Waals surface area contributed by atoms with Gasteiger partial charge in [0.05, 0.1) is 9.88 Å². The second-order valence-corrected chi connectivity index (χ2v) is 8.92. The third-order valence-electron chi connectivity index (χ3n) is 5.89. The first-order chi connectivity index (χ1) is 13.1. The number of nitrogens with zero attached hydrogens (tertiary/aromatic N) is 2. The highest BCUT2D eigenvalue weighted by atomic mass is 32.1. The maximum atomic E-state index is 14.0. The molecule has 1 aliphatic carbocycles. The van der Waals surface area contributed by atoms with E-state index >= 15 is 0 Å². The second-order valence-electron chi connectivity index (χ2n) is 7.85. The summed E-state index contributed by atoms with van der Waals surface area (Å²) >= 11 is 1.60. The Morgan fingerprint density at radius 1 is 1.26 bits per heavy atom. The van der Waals surface area contributed by atoms with Gasteiger partial charge in [-0.15, -0.1) is 11.3 Å². The van der Waals surface area contributed by atoms with Crippen LogP contribution in [0.1, 0.15) is 80.9 Å². The number of hydrogen-bond donors (Lipinski definition) is 0. The van der Waals surface area contributed by atoms with Crippen molar-refractivity contribution in [3.05, 3.63) is 34.5 Å². The number of thiazole rings is 1. The number of rotatable bonds is 7. The fourth-order valence-electron chi connectivity index (χ4n) is 4.30. The molecule has 1 unspecified atom stereocenters. The van der Waals surface area contributed by atoms with Crippen molar-refractivity contribution >= 4 is 17.0 Å². The number of alkyl halides is 2. The van der Waals surface area contributed by atoms with Gasteiger partial charge in [0.1, 0.15) is 0 Å². The van der Waals surface area contributed by atoms with Crippen molar-refractivity contribution < 1.29 is 8.78 Å². The Kier molecular flexibility index (Phi) is 5.49. The van der Waals surface area contributed by atoms with Crippen LogP contribution in [0.3, 0.4) is 0 Å². The monoisotopic (exact) mass is 390 g/mol. The van der Waals surface area contributed by atoms with Gasteiger partial charge < -0.3 is 4.90 Å². The summed E-state index contributed by atoms with van der Waals surface area (Å²) in [5.41, 5.74) is 3.11. The zero-order chi connectivity index (χ0) is 19.0. The number of aryl methyl sites for hydroxylation is 1. The van der Waals surface area contributed by atoms with E-state index in [1.165, 1.54) is 18.4 Å². The first kappa shape index (κ1) is 18.9. The Bertz CT molecular complexity index is 798. The molecular formula is C22H28F2N2S. The van der Waals surface area contributed by atoms with Crippen LogP contribution in [0, 0.1) is 0 Å². The van der Waals surface area contributed by atoms with Gasteiger partial charge in [-0.2, -0.15) is 0 Å². The molecule has 0 amide bonds. The predicted molar refractivity (Wildman–Crippen MR) is 109 cm³/mol. The summed E-state index contributed by atoms with van der Waals surface area (Å²) in [5, 5.41) is 1.11. The van der Waals surface area contributed by atoms with E-state index in [1.54, 1.807) is 23.6 Å². The number of halogens is 2. The Labute approximate surface area is 164 Å². The third kappa shape index (κ3) is 3.75. The van der Waals surface area contributed by atoms with E-state index in [0.29, 0.717) is 17.5 Å². The first-order valence-corrected chi connectivity index (χ1v) is 11.1. The lowest BCUT2D eigenvalue weighted by atomic mass is 9.93. The average Bonchev–Trinajstić information content (AvgIpc) is 3.41. The zero-order valence-corrected chi connectivity index (χ0v) is 17.0. The van der Waals surface area contributed by atoms with Gasteiger partial charge in [0, 0.05) is 41.5 Å². The fraction of sp³-hybridized carbons (Fsp3) is 0.591. The minimum atomic E-state index is -2.47. The SMILES string of the molecule is CCCC(CC)N1CCCc2cc(-c3cnc(C4CC4)s3)c(C(F)F)cc21. The van der Waals surface area contributed by atoms with E-state index in [-0.39, 0.29) is 5.56 Å². The van der Waals surface area contributed by atoms with Crippen molar-refractivity contribution in [2.75, 3.05) is 11.4 Å². The molecule has 0 N–H and O–H groups in total. The van der Waals surface area contributed by atoms with Gasteiger partial charge in [0.2, 0.25) is 0 Å². The number of hydrogen-bond acceptors (Lipinski definition) is 3. The van der Waals surface area contributed by atoms with Crippen molar-refractivity contribution in [3.63, 3.8) is 0 Å². The predicted octanol–water partition coefficient (Wildman–Crippen LogP) is 6.96. The maximum Gasteiger partial charge on any atom is 0.264 e. The van der Waals surface area contributed by atoms with Crippen LogP contribution >= 0.6 is 11.3 Å². The van der Waals surface area contributed by atoms with E-state index in [9.17, 15) is 8.78 Å². The number of anilines is 1. The van der Waals surface area contributed by atoms with E-state index in [2.05, 4.69) is 23.7 Å². The maximum absolute atomic E-state index is 14.0. The van der Waals surface area contributed by atoms with Crippen LogP contribution in [0.5, 0.6) is 0 Å². The van der Waals surface area contributed by atoms with Crippen LogP contribution in [-0.2, 0) is 6.42 Å². The van der Waals surface area contributed by atoms with Gasteiger partial charge in [-0.25, -0.2) is 13.8 Å². The lowest BCUT2D eigenvalue weighted by Crippen LogP contribution is -2.38. The van der Waals surface area contributed by atoms with Gasteiger partial charge >= 0.3 is 0 Å². The van der Waals surface area contributed by atoms with E-state index in [4.69, 9.17) is 0 Å². The summed E-state index contributed by atoms with van der Waals surface area (Å²) in [7, 11) is 0. The van der Waals surface area contributed by atoms with Gasteiger partial charge in [-0.05, 0) is 56.2 Å². The van der Waals surface area contributed by atoms with Gasteiger partial charge in [-0.3, -0.25) is 0 Å². The molecule has 0 saturated heterocycles. The normalized spacial score (nSPS) is 18.0. The molecule has 2 heterocycles. The molecule has 1 aromatic heterocycles. The van der Waals surface area contributed by atoms with Crippen LogP contribution in [0.15, 0.2) is 18.3 Å². The lowest BCUT2D eigenvalue weighted by Gasteiger charge is -2.38. The Morgan fingerprint density at radius 3 is 2.74 bits per heavy atom. The summed E-state index contributed by atoms with van der Waals surface area (Å²) < 4.78 is 28.0. The summed E-state index contributed by atoms with van der Waals surface area (Å²) in [4.78, 5) is 7.80. The molecule has 27 heavy (non-hydrogen) atoms. The number of benzene rings is 1. The largest absolute Gasteiger partial charge is 0.368 e. The topological polar surface area (TPSA) is 16.1 Å². The molecule has 1 atom stereocenters. The van der Waals surface area contributed by atoms with Crippen molar-refractivity contribution in [3.8, 4) is 10.4 Å². The molecular weight excluding hydrogens is 362 g/mol. The minimum Gasteiger partial charge on any atom is -0.368 e. The van der Waals surface area contributed by atoms with E-state index < -0.39 is 6.43 Å². The Morgan fingerprint density at radius 2 is 2.07 bits per heavy atom. The molecule has 2 aliphatic rings. The van der Waals surface area contributed by atoms with Gasteiger partial charge in [-0.1, -0.05) is 20.3 Å². The lowest BCUT2D eigenvalue weighted by molar-refractivity contribution is 0.152. The van der Waals surface area contributed by atoms with Crippen molar-refractivity contribution in [2.24, 2.45) is 0 Å². The second kappa shape index (κ2) is 7.86. The van der Waals surface area contributed by atoms with Crippen LogP contribution in [0.2, 0.25) is 0 Å². The van der Waals surface area contributed by atoms with Crippen molar-refractivity contribution in [1.29, 1.82) is 0 Å². The summed E-state index contributed by atoms with van der Waals surface area (Å²) in [5.74, 6) is 0.561. The molecule has 2 aromatic rings. The Balaban J connectivity index is 1.75. The minimum absolute atomic E-state index is 0.165. The standard InChI is InChI=1S/C22H28F2N2S/c1-3-6-16(4-2)26-10-5-7-15-11-17(18(21(23)24)12-19(15)26)20-13-25-22(27-20)14-8-9-14/h11-14,16,21H,3-10H2,1-2H3. The van der Waals surface area contributed by atoms with Crippen molar-refractivity contribution in [1.82, 2.24) is 4.98 Å². The number of fused-ring (bicyclic) bond motifs is 1. The highest BCUT2D eigenvalue weighted by Crippen LogP contribution is 2.46. The van der Waals surface area contributed by atoms with Gasteiger partial charge in [0.25, 0.3) is 6.43 Å². The molecule has 1 aliphatic heterocycles. The summed E-state index contributed by atoms with van der Waals surface area (Å²) in [6, 6.07) is 4.25. The molecule has 0 bridgehead atoms. The average molecular weight is 391 g/mol. The van der Waals surface area contributed by atoms with E-state index in [1.807, 2.05) is 6.07 Å². The summed E-state index contributed by atoms with van der Waals surface area (Å²) in [6.07, 6.45) is 7.06. The smallest absolute Gasteiger partial charge is 0.264 e. The fourth-order valence-corrected chi connectivity index (χ4v) is 5.42. The molecule has 0 radical (unpaired) electrons. The summed E-state index contributed by atoms with van der Waals surface area (Å²) in [6.45, 7) is 5.37. The molecule has 2 nitrogen and oxygen atoms in total. The zero-order valence-electron chi connectivity index (χ0n) is 16.2. The first-order valence-electron chi connectivity index (χ1n) is 10.3. The van der Waals surface area contributed by atoms with E-state index in [0.717, 1.165) is 54.2 Å². The van der Waals surface area contributed by atoms with Crippen LogP contribution < -0.4 is 4.90 Å². The Hall–Kier alpha value is -1.49. The van der Waals surface area contributed by atoms with Crippen LogP contribution in [0.4, 0.5) is 14.5 Å². The van der Waals surface area contributed by atoms with Crippen LogP contribution in [-0.4, -0.2) is 17.6 Å². The molecule has 0 spiro atoms. The molecule has 146 valence electrons. The molecule has 1 aromatic carbocycles. The third-order valence-corrected chi connectivity index (χ3v) is 7.08. The van der Waals surface area contributed by atoms with Crippen molar-refractivity contribution in [2.45, 2.75) is 77.2 Å². The highest BCUT2D eigenvalue weighted by molar-refractivity contribution is 7.15. The molecule has 1 fully saturated rings.